The van der Waals surface area contributed by atoms with Crippen molar-refractivity contribution in [1.29, 1.82) is 0 Å². The molecule has 0 N–H and O–H groups in total. The van der Waals surface area contributed by atoms with Crippen molar-refractivity contribution in [2.75, 3.05) is 25.1 Å². The Morgan fingerprint density at radius 1 is 1.12 bits per heavy atom. The van der Waals surface area contributed by atoms with E-state index >= 15 is 0 Å². The van der Waals surface area contributed by atoms with Crippen LogP contribution in [0.5, 0.6) is 0 Å². The van der Waals surface area contributed by atoms with Gasteiger partial charge in [-0.3, -0.25) is 4.90 Å². The Kier molecular flexibility index (Phi) is 8.38. The molecule has 3 rings (SSSR count). The highest BCUT2D eigenvalue weighted by Gasteiger charge is 2.23. The molecule has 0 fully saturated rings. The minimum Gasteiger partial charge on any atom is -0.294 e. The van der Waals surface area contributed by atoms with E-state index in [4.69, 9.17) is 0 Å². The highest BCUT2D eigenvalue weighted by Crippen LogP contribution is 2.32. The van der Waals surface area contributed by atoms with Crippen LogP contribution in [-0.2, 0) is 0 Å². The Bertz CT molecular complexity index is 699. The summed E-state index contributed by atoms with van der Waals surface area (Å²) >= 11 is 6.73. The standard InChI is InChI=1S/C17H25N5S4/c1-13-18-19-17(25-13)24-12-8-4-3-7-11-23-16-15(20-26-21-16)14-9-5-6-10-22(14)2/h5,9,14H,3-4,6-8,10-12H2,1-2H3. The van der Waals surface area contributed by atoms with E-state index in [0.717, 1.165) is 44.5 Å². The molecule has 0 amide bonds. The maximum absolute atomic E-state index is 4.56. The summed E-state index contributed by atoms with van der Waals surface area (Å²) < 4.78 is 10.2. The number of aromatic nitrogens is 4. The van der Waals surface area contributed by atoms with Crippen molar-refractivity contribution in [3.63, 3.8) is 0 Å². The zero-order valence-corrected chi connectivity index (χ0v) is 18.5. The van der Waals surface area contributed by atoms with Crippen LogP contribution in [0.3, 0.4) is 0 Å². The molecule has 0 saturated carbocycles. The second kappa shape index (κ2) is 10.8. The maximum Gasteiger partial charge on any atom is 0.174 e. The number of unbranched alkanes of at least 4 members (excludes halogenated alkanes) is 3. The number of aryl methyl sites for hydroxylation is 1. The van der Waals surface area contributed by atoms with Crippen LogP contribution in [0.4, 0.5) is 0 Å². The van der Waals surface area contributed by atoms with Gasteiger partial charge in [0, 0.05) is 12.3 Å². The molecule has 142 valence electrons. The second-order valence-corrected chi connectivity index (χ2v) is 10.4. The van der Waals surface area contributed by atoms with Gasteiger partial charge in [0.05, 0.1) is 17.8 Å². The third kappa shape index (κ3) is 6.02. The minimum atomic E-state index is 0.297. The fourth-order valence-electron chi connectivity index (χ4n) is 2.78. The van der Waals surface area contributed by atoms with Crippen LogP contribution in [0, 0.1) is 6.92 Å². The lowest BCUT2D eigenvalue weighted by molar-refractivity contribution is 0.273. The van der Waals surface area contributed by atoms with Crippen molar-refractivity contribution in [2.24, 2.45) is 0 Å². The average Bonchev–Trinajstić information content (AvgIpc) is 3.26. The van der Waals surface area contributed by atoms with Gasteiger partial charge in [0.2, 0.25) is 0 Å². The molecule has 5 nitrogen and oxygen atoms in total. The topological polar surface area (TPSA) is 54.8 Å². The number of thioether (sulfide) groups is 2. The summed E-state index contributed by atoms with van der Waals surface area (Å²) in [6.45, 7) is 3.10. The van der Waals surface area contributed by atoms with Gasteiger partial charge in [-0.25, -0.2) is 0 Å². The van der Waals surface area contributed by atoms with Crippen molar-refractivity contribution < 1.29 is 0 Å². The molecule has 2 aromatic heterocycles. The zero-order valence-electron chi connectivity index (χ0n) is 15.3. The quantitative estimate of drug-likeness (QED) is 0.298. The molecule has 1 aliphatic heterocycles. The van der Waals surface area contributed by atoms with Crippen LogP contribution in [-0.4, -0.2) is 48.9 Å². The predicted molar refractivity (Wildman–Crippen MR) is 114 cm³/mol. The van der Waals surface area contributed by atoms with Crippen LogP contribution in [0.2, 0.25) is 0 Å². The molecule has 1 unspecified atom stereocenters. The van der Waals surface area contributed by atoms with Gasteiger partial charge in [-0.15, -0.1) is 22.0 Å². The molecule has 0 aromatic carbocycles. The summed E-state index contributed by atoms with van der Waals surface area (Å²) in [4.78, 5) is 2.36. The normalized spacial score (nSPS) is 17.8. The molecule has 3 heterocycles. The first kappa shape index (κ1) is 20.3. The lowest BCUT2D eigenvalue weighted by Gasteiger charge is -2.27. The molecule has 0 saturated heterocycles. The highest BCUT2D eigenvalue weighted by atomic mass is 32.2. The molecular formula is C17H25N5S4. The molecule has 9 heteroatoms. The van der Waals surface area contributed by atoms with Crippen LogP contribution in [0.15, 0.2) is 21.5 Å². The zero-order chi connectivity index (χ0) is 18.2. The summed E-state index contributed by atoms with van der Waals surface area (Å²) in [5, 5.41) is 10.4. The Hall–Kier alpha value is -0.480. The molecule has 26 heavy (non-hydrogen) atoms. The first-order chi connectivity index (χ1) is 12.7. The Morgan fingerprint density at radius 2 is 1.92 bits per heavy atom. The van der Waals surface area contributed by atoms with Gasteiger partial charge in [0.25, 0.3) is 0 Å². The number of rotatable bonds is 10. The van der Waals surface area contributed by atoms with E-state index < -0.39 is 0 Å². The number of likely N-dealkylation sites (N-methyl/N-ethyl adjacent to an activating group) is 1. The van der Waals surface area contributed by atoms with E-state index in [9.17, 15) is 0 Å². The monoisotopic (exact) mass is 427 g/mol. The third-order valence-corrected chi connectivity index (χ3v) is 8.00. The van der Waals surface area contributed by atoms with E-state index in [1.165, 1.54) is 37.4 Å². The Balaban J connectivity index is 1.30. The van der Waals surface area contributed by atoms with Crippen LogP contribution in [0.25, 0.3) is 0 Å². The fraction of sp³-hybridized carbons (Fsp3) is 0.647. The molecule has 1 atom stereocenters. The first-order valence-electron chi connectivity index (χ1n) is 8.99. The SMILES string of the molecule is Cc1nnc(SCCCCCCSc2nsnc2C2C=CCCN2C)s1. The molecule has 0 radical (unpaired) electrons. The third-order valence-electron chi connectivity index (χ3n) is 4.21. The van der Waals surface area contributed by atoms with Crippen LogP contribution in [0.1, 0.15) is 48.8 Å². The van der Waals surface area contributed by atoms with Crippen molar-refractivity contribution >= 4 is 46.6 Å². The number of hydrogen-bond donors (Lipinski definition) is 0. The fourth-order valence-corrected chi connectivity index (χ4v) is 6.38. The smallest absolute Gasteiger partial charge is 0.174 e. The Morgan fingerprint density at radius 3 is 2.65 bits per heavy atom. The van der Waals surface area contributed by atoms with Crippen molar-refractivity contribution in [1.82, 2.24) is 23.8 Å². The lowest BCUT2D eigenvalue weighted by Crippen LogP contribution is -2.27. The second-order valence-electron chi connectivity index (χ2n) is 6.30. The summed E-state index contributed by atoms with van der Waals surface area (Å²) in [6, 6.07) is 0.297. The highest BCUT2D eigenvalue weighted by molar-refractivity contribution is 8.01. The Labute approximate surface area is 172 Å². The van der Waals surface area contributed by atoms with E-state index in [1.54, 1.807) is 11.3 Å². The van der Waals surface area contributed by atoms with Gasteiger partial charge in [-0.2, -0.15) is 8.75 Å². The van der Waals surface area contributed by atoms with Crippen molar-refractivity contribution in [2.45, 2.75) is 54.4 Å². The van der Waals surface area contributed by atoms with Gasteiger partial charge < -0.3 is 0 Å². The van der Waals surface area contributed by atoms with Gasteiger partial charge in [-0.05, 0) is 39.0 Å². The summed E-state index contributed by atoms with van der Waals surface area (Å²) in [7, 11) is 2.17. The minimum absolute atomic E-state index is 0.297. The molecule has 2 aromatic rings. The summed E-state index contributed by atoms with van der Waals surface area (Å²) in [5.41, 5.74) is 1.14. The number of nitrogens with zero attached hydrogens (tertiary/aromatic N) is 5. The number of hydrogen-bond acceptors (Lipinski definition) is 9. The summed E-state index contributed by atoms with van der Waals surface area (Å²) in [6.07, 6.45) is 10.7. The van der Waals surface area contributed by atoms with E-state index in [-0.39, 0.29) is 0 Å². The van der Waals surface area contributed by atoms with Crippen LogP contribution < -0.4 is 0 Å². The predicted octanol–water partition coefficient (Wildman–Crippen LogP) is 5.08. The molecule has 1 aliphatic rings. The van der Waals surface area contributed by atoms with Crippen LogP contribution >= 0.6 is 46.6 Å². The van der Waals surface area contributed by atoms with Gasteiger partial charge in [0.15, 0.2) is 4.34 Å². The van der Waals surface area contributed by atoms with Crippen molar-refractivity contribution in [3.8, 4) is 0 Å². The largest absolute Gasteiger partial charge is 0.294 e. The van der Waals surface area contributed by atoms with E-state index in [0.29, 0.717) is 6.04 Å². The molecule has 0 spiro atoms. The van der Waals surface area contributed by atoms with Gasteiger partial charge >= 0.3 is 0 Å². The van der Waals surface area contributed by atoms with Crippen molar-refractivity contribution in [3.05, 3.63) is 22.9 Å². The molecule has 0 bridgehead atoms. The summed E-state index contributed by atoms with van der Waals surface area (Å²) in [5.74, 6) is 2.27. The first-order valence-corrected chi connectivity index (χ1v) is 12.5. The molecule has 0 aliphatic carbocycles. The molecular weight excluding hydrogens is 402 g/mol. The average molecular weight is 428 g/mol. The van der Waals surface area contributed by atoms with E-state index in [1.807, 2.05) is 30.4 Å². The lowest BCUT2D eigenvalue weighted by atomic mass is 10.1. The van der Waals surface area contributed by atoms with Gasteiger partial charge in [0.1, 0.15) is 15.7 Å². The van der Waals surface area contributed by atoms with E-state index in [2.05, 4.69) is 43.0 Å². The maximum atomic E-state index is 4.56. The van der Waals surface area contributed by atoms with Gasteiger partial charge in [-0.1, -0.05) is 48.1 Å².